The highest BCUT2D eigenvalue weighted by Gasteiger charge is 2.26. The molecule has 3 rings (SSSR count). The number of amides is 1. The third-order valence-electron chi connectivity index (χ3n) is 5.58. The van der Waals surface area contributed by atoms with E-state index in [4.69, 9.17) is 0 Å². The predicted molar refractivity (Wildman–Crippen MR) is 106 cm³/mol. The summed E-state index contributed by atoms with van der Waals surface area (Å²) in [6, 6.07) is 6.96. The highest BCUT2D eigenvalue weighted by atomic mass is 32.2. The molecule has 2 aliphatic heterocycles. The van der Waals surface area contributed by atoms with Gasteiger partial charge in [0.25, 0.3) is 0 Å². The number of sulfonamides is 1. The van der Waals surface area contributed by atoms with Gasteiger partial charge in [0.2, 0.25) is 15.9 Å². The van der Waals surface area contributed by atoms with E-state index in [0.717, 1.165) is 57.2 Å². The molecule has 0 aromatic heterocycles. The monoisotopic (exact) mass is 393 g/mol. The lowest BCUT2D eigenvalue weighted by molar-refractivity contribution is -0.121. The van der Waals surface area contributed by atoms with Gasteiger partial charge in [-0.1, -0.05) is 18.6 Å². The molecule has 0 unspecified atom stereocenters. The van der Waals surface area contributed by atoms with Gasteiger partial charge in [-0.2, -0.15) is 4.31 Å². The van der Waals surface area contributed by atoms with Gasteiger partial charge in [-0.3, -0.25) is 4.79 Å². The Morgan fingerprint density at radius 1 is 1.15 bits per heavy atom. The smallest absolute Gasteiger partial charge is 0.243 e. The molecule has 6 nitrogen and oxygen atoms in total. The second kappa shape index (κ2) is 9.66. The fraction of sp³-hybridized carbons (Fsp3) is 0.650. The Morgan fingerprint density at radius 3 is 2.63 bits per heavy atom. The third kappa shape index (κ3) is 5.77. The van der Waals surface area contributed by atoms with E-state index in [-0.39, 0.29) is 5.91 Å². The fourth-order valence-corrected chi connectivity index (χ4v) is 5.45. The number of hydrogen-bond acceptors (Lipinski definition) is 4. The van der Waals surface area contributed by atoms with Crippen LogP contribution in [0.1, 0.15) is 50.5 Å². The van der Waals surface area contributed by atoms with Gasteiger partial charge in [0.15, 0.2) is 0 Å². The van der Waals surface area contributed by atoms with Crippen molar-refractivity contribution in [3.8, 4) is 0 Å². The molecule has 1 amide bonds. The van der Waals surface area contributed by atoms with Crippen molar-refractivity contribution in [1.82, 2.24) is 14.9 Å². The Kier molecular flexibility index (Phi) is 7.26. The number of carbonyl (C=O) groups excluding carboxylic acids is 1. The van der Waals surface area contributed by atoms with Gasteiger partial charge in [0.1, 0.15) is 0 Å². The Hall–Kier alpha value is -1.44. The number of nitrogens with zero attached hydrogens (tertiary/aromatic N) is 1. The molecular weight excluding hydrogens is 362 g/mol. The zero-order valence-electron chi connectivity index (χ0n) is 16.0. The molecule has 150 valence electrons. The highest BCUT2D eigenvalue weighted by molar-refractivity contribution is 7.89. The van der Waals surface area contributed by atoms with E-state index in [1.807, 2.05) is 6.07 Å². The predicted octanol–water partition coefficient (Wildman–Crippen LogP) is 2.26. The standard InChI is InChI=1S/C20H31N3O3S/c24-20(8-7-17-9-11-21-12-10-17)22-16-18-5-4-6-19(15-18)27(25,26)23-13-2-1-3-14-23/h4-6,15,17,21H,1-3,7-14,16H2,(H,22,24). The average Bonchev–Trinajstić information content (AvgIpc) is 2.72. The van der Waals surface area contributed by atoms with Gasteiger partial charge < -0.3 is 10.6 Å². The second-order valence-electron chi connectivity index (χ2n) is 7.62. The molecule has 1 aromatic rings. The van der Waals surface area contributed by atoms with Crippen molar-refractivity contribution in [2.24, 2.45) is 5.92 Å². The quantitative estimate of drug-likeness (QED) is 0.745. The van der Waals surface area contributed by atoms with Gasteiger partial charge >= 0.3 is 0 Å². The first-order chi connectivity index (χ1) is 13.1. The van der Waals surface area contributed by atoms with Gasteiger partial charge in [0.05, 0.1) is 4.90 Å². The first-order valence-electron chi connectivity index (χ1n) is 10.1. The van der Waals surface area contributed by atoms with Crippen LogP contribution in [0.4, 0.5) is 0 Å². The first-order valence-corrected chi connectivity index (χ1v) is 11.6. The SMILES string of the molecule is O=C(CCC1CCNCC1)NCc1cccc(S(=O)(=O)N2CCCCC2)c1. The molecule has 1 aromatic carbocycles. The summed E-state index contributed by atoms with van der Waals surface area (Å²) < 4.78 is 27.2. The molecule has 2 aliphatic rings. The van der Waals surface area contributed by atoms with E-state index in [1.165, 1.54) is 0 Å². The number of piperidine rings is 2. The van der Waals surface area contributed by atoms with Crippen LogP contribution in [0.2, 0.25) is 0 Å². The highest BCUT2D eigenvalue weighted by Crippen LogP contribution is 2.21. The molecule has 7 heteroatoms. The van der Waals surface area contributed by atoms with Crippen LogP contribution < -0.4 is 10.6 Å². The summed E-state index contributed by atoms with van der Waals surface area (Å²) in [5.74, 6) is 0.674. The maximum atomic E-state index is 12.8. The van der Waals surface area contributed by atoms with Crippen molar-refractivity contribution in [2.75, 3.05) is 26.2 Å². The van der Waals surface area contributed by atoms with E-state index >= 15 is 0 Å². The van der Waals surface area contributed by atoms with Crippen molar-refractivity contribution >= 4 is 15.9 Å². The van der Waals surface area contributed by atoms with Crippen LogP contribution in [0.15, 0.2) is 29.2 Å². The molecule has 0 radical (unpaired) electrons. The maximum Gasteiger partial charge on any atom is 0.243 e. The summed E-state index contributed by atoms with van der Waals surface area (Å²) in [5.41, 5.74) is 0.823. The van der Waals surface area contributed by atoms with E-state index in [1.54, 1.807) is 22.5 Å². The van der Waals surface area contributed by atoms with Crippen molar-refractivity contribution in [3.63, 3.8) is 0 Å². The zero-order chi connectivity index (χ0) is 19.1. The van der Waals surface area contributed by atoms with Crippen LogP contribution in [0.3, 0.4) is 0 Å². The Labute approximate surface area is 162 Å². The van der Waals surface area contributed by atoms with Crippen LogP contribution in [0.25, 0.3) is 0 Å². The van der Waals surface area contributed by atoms with Crippen molar-refractivity contribution in [3.05, 3.63) is 29.8 Å². The number of nitrogens with one attached hydrogen (secondary N) is 2. The summed E-state index contributed by atoms with van der Waals surface area (Å²) >= 11 is 0. The van der Waals surface area contributed by atoms with Crippen LogP contribution in [0.5, 0.6) is 0 Å². The lowest BCUT2D eigenvalue weighted by Crippen LogP contribution is -2.35. The van der Waals surface area contributed by atoms with Crippen molar-refractivity contribution in [1.29, 1.82) is 0 Å². The number of benzene rings is 1. The number of rotatable bonds is 7. The van der Waals surface area contributed by atoms with E-state index in [2.05, 4.69) is 10.6 Å². The lowest BCUT2D eigenvalue weighted by atomic mass is 9.93. The number of hydrogen-bond donors (Lipinski definition) is 2. The summed E-state index contributed by atoms with van der Waals surface area (Å²) in [5, 5.41) is 6.27. The molecule has 0 atom stereocenters. The molecule has 2 saturated heterocycles. The maximum absolute atomic E-state index is 12.8. The van der Waals surface area contributed by atoms with Crippen molar-refractivity contribution < 1.29 is 13.2 Å². The Morgan fingerprint density at radius 2 is 1.89 bits per heavy atom. The molecule has 0 bridgehead atoms. The molecule has 0 spiro atoms. The molecule has 2 heterocycles. The molecule has 0 aliphatic carbocycles. The molecular formula is C20H31N3O3S. The third-order valence-corrected chi connectivity index (χ3v) is 7.47. The van der Waals surface area contributed by atoms with Crippen LogP contribution in [-0.4, -0.2) is 44.8 Å². The first kappa shape index (κ1) is 20.3. The summed E-state index contributed by atoms with van der Waals surface area (Å²) in [7, 11) is -3.43. The minimum atomic E-state index is -3.43. The van der Waals surface area contributed by atoms with Gasteiger partial charge in [-0.15, -0.1) is 0 Å². The zero-order valence-corrected chi connectivity index (χ0v) is 16.8. The molecule has 0 saturated carbocycles. The van der Waals surface area contributed by atoms with Crippen molar-refractivity contribution in [2.45, 2.75) is 56.4 Å². The minimum absolute atomic E-state index is 0.0397. The normalized spacial score (nSPS) is 19.7. The molecule has 2 fully saturated rings. The summed E-state index contributed by atoms with van der Waals surface area (Å²) in [6.07, 6.45) is 6.69. The van der Waals surface area contributed by atoms with Gasteiger partial charge in [0, 0.05) is 26.1 Å². The molecule has 27 heavy (non-hydrogen) atoms. The number of carbonyl (C=O) groups is 1. The largest absolute Gasteiger partial charge is 0.352 e. The van der Waals surface area contributed by atoms with Crippen LogP contribution in [-0.2, 0) is 21.4 Å². The topological polar surface area (TPSA) is 78.5 Å². The van der Waals surface area contributed by atoms with E-state index in [9.17, 15) is 13.2 Å². The van der Waals surface area contributed by atoms with E-state index < -0.39 is 10.0 Å². The second-order valence-corrected chi connectivity index (χ2v) is 9.56. The summed E-state index contributed by atoms with van der Waals surface area (Å²) in [6.45, 7) is 3.66. The van der Waals surface area contributed by atoms with Gasteiger partial charge in [-0.05, 0) is 68.8 Å². The fourth-order valence-electron chi connectivity index (χ4n) is 3.86. The lowest BCUT2D eigenvalue weighted by Gasteiger charge is -2.26. The minimum Gasteiger partial charge on any atom is -0.352 e. The Bertz CT molecular complexity index is 724. The van der Waals surface area contributed by atoms with E-state index in [0.29, 0.717) is 36.9 Å². The Balaban J connectivity index is 1.51. The summed E-state index contributed by atoms with van der Waals surface area (Å²) in [4.78, 5) is 12.5. The van der Waals surface area contributed by atoms with Crippen LogP contribution in [0, 0.1) is 5.92 Å². The van der Waals surface area contributed by atoms with Crippen LogP contribution >= 0.6 is 0 Å². The van der Waals surface area contributed by atoms with Gasteiger partial charge in [-0.25, -0.2) is 8.42 Å². The average molecular weight is 394 g/mol. The molecule has 2 N–H and O–H groups in total.